The summed E-state index contributed by atoms with van der Waals surface area (Å²) in [6, 6.07) is 8.32. The van der Waals surface area contributed by atoms with Crippen molar-refractivity contribution in [3.05, 3.63) is 57.0 Å². The number of fused-ring (bicyclic) bond motifs is 2. The molecule has 39 heavy (non-hydrogen) atoms. The van der Waals surface area contributed by atoms with Crippen molar-refractivity contribution >= 4 is 65.6 Å². The molecule has 1 atom stereocenters. The minimum Gasteiger partial charge on any atom is -0.322 e. The van der Waals surface area contributed by atoms with Gasteiger partial charge in [0.25, 0.3) is 11.8 Å². The zero-order chi connectivity index (χ0) is 28.1. The zero-order valence-electron chi connectivity index (χ0n) is 21.1. The molecule has 0 spiro atoms. The Bertz CT molecular complexity index is 1690. The van der Waals surface area contributed by atoms with E-state index < -0.39 is 44.4 Å². The van der Waals surface area contributed by atoms with E-state index in [0.29, 0.717) is 23.4 Å². The molecule has 2 aliphatic heterocycles. The Hall–Kier alpha value is -2.62. The lowest BCUT2D eigenvalue weighted by Crippen LogP contribution is -2.61. The number of rotatable bonds is 5. The first kappa shape index (κ1) is 27.9. The Balaban J connectivity index is 1.44. The van der Waals surface area contributed by atoms with Crippen LogP contribution in [0.4, 0.5) is 0 Å². The minimum atomic E-state index is -4.08. The summed E-state index contributed by atoms with van der Waals surface area (Å²) in [6.07, 6.45) is 1.51. The van der Waals surface area contributed by atoms with Crippen LogP contribution in [-0.4, -0.2) is 93.3 Å². The summed E-state index contributed by atoms with van der Waals surface area (Å²) in [4.78, 5) is 35.4. The number of halogens is 1. The number of carbonyl (C=O) groups excluding carboxylic acids is 2. The SMILES string of the molecule is CN1CCc2nc(C(=O)N3CCN(S(=O)(=O)c4ccc5cc(Cl)ccc5c4)CC3C(=O)NS(C)(=O)=O)sc2C1. The number of piperazine rings is 1. The fourth-order valence-electron chi connectivity index (χ4n) is 4.74. The third-order valence-electron chi connectivity index (χ3n) is 6.71. The van der Waals surface area contributed by atoms with Gasteiger partial charge in [-0.15, -0.1) is 11.3 Å². The molecule has 15 heteroatoms. The highest BCUT2D eigenvalue weighted by atomic mass is 35.5. The maximum atomic E-state index is 13.6. The molecule has 11 nitrogen and oxygen atoms in total. The number of carbonyl (C=O) groups is 2. The topological polar surface area (TPSA) is 137 Å². The third-order valence-corrected chi connectivity index (χ3v) is 10.4. The molecule has 0 radical (unpaired) electrons. The predicted octanol–water partition coefficient (Wildman–Crippen LogP) is 1.53. The van der Waals surface area contributed by atoms with E-state index in [4.69, 9.17) is 11.6 Å². The van der Waals surface area contributed by atoms with Gasteiger partial charge in [-0.05, 0) is 42.1 Å². The molecule has 0 aliphatic carbocycles. The molecule has 2 amide bonds. The van der Waals surface area contributed by atoms with Crippen molar-refractivity contribution in [1.29, 1.82) is 0 Å². The molecule has 1 saturated heterocycles. The highest BCUT2D eigenvalue weighted by Gasteiger charge is 2.42. The van der Waals surface area contributed by atoms with Crippen LogP contribution in [0, 0.1) is 0 Å². The Morgan fingerprint density at radius 3 is 2.51 bits per heavy atom. The first-order chi connectivity index (χ1) is 18.3. The number of likely N-dealkylation sites (N-methyl/N-ethyl adjacent to an activating group) is 1. The lowest BCUT2D eigenvalue weighted by atomic mass is 10.1. The van der Waals surface area contributed by atoms with Crippen LogP contribution in [0.5, 0.6) is 0 Å². The predicted molar refractivity (Wildman–Crippen MR) is 148 cm³/mol. The molecule has 1 fully saturated rings. The van der Waals surface area contributed by atoms with Crippen LogP contribution >= 0.6 is 22.9 Å². The molecule has 1 N–H and O–H groups in total. The fraction of sp³-hybridized carbons (Fsp3) is 0.375. The first-order valence-electron chi connectivity index (χ1n) is 12.0. The average molecular weight is 612 g/mol. The summed E-state index contributed by atoms with van der Waals surface area (Å²) in [7, 11) is -6.07. The summed E-state index contributed by atoms with van der Waals surface area (Å²) >= 11 is 7.27. The maximum absolute atomic E-state index is 13.6. The molecule has 208 valence electrons. The average Bonchev–Trinajstić information content (AvgIpc) is 3.29. The Kier molecular flexibility index (Phi) is 7.45. The van der Waals surface area contributed by atoms with Crippen LogP contribution < -0.4 is 4.72 Å². The van der Waals surface area contributed by atoms with E-state index >= 15 is 0 Å². The number of nitrogens with zero attached hydrogens (tertiary/aromatic N) is 4. The normalized spacial score (nSPS) is 19.2. The zero-order valence-corrected chi connectivity index (χ0v) is 24.3. The number of thiazole rings is 1. The molecule has 2 aromatic carbocycles. The second-order valence-electron chi connectivity index (χ2n) is 9.65. The smallest absolute Gasteiger partial charge is 0.283 e. The van der Waals surface area contributed by atoms with Crippen molar-refractivity contribution in [3.8, 4) is 0 Å². The summed E-state index contributed by atoms with van der Waals surface area (Å²) in [6.45, 7) is 0.850. The van der Waals surface area contributed by atoms with Gasteiger partial charge in [0.15, 0.2) is 5.01 Å². The molecule has 5 rings (SSSR count). The minimum absolute atomic E-state index is 0.0103. The van der Waals surface area contributed by atoms with E-state index in [2.05, 4.69) is 9.88 Å². The van der Waals surface area contributed by atoms with E-state index in [1.54, 1.807) is 24.3 Å². The van der Waals surface area contributed by atoms with Crippen molar-refractivity contribution < 1.29 is 26.4 Å². The second kappa shape index (κ2) is 10.4. The van der Waals surface area contributed by atoms with Gasteiger partial charge in [-0.2, -0.15) is 4.31 Å². The van der Waals surface area contributed by atoms with Crippen LogP contribution in [0.3, 0.4) is 0 Å². The number of benzene rings is 2. The first-order valence-corrected chi connectivity index (χ1v) is 16.5. The van der Waals surface area contributed by atoms with Crippen molar-refractivity contribution in [2.45, 2.75) is 23.9 Å². The largest absolute Gasteiger partial charge is 0.322 e. The van der Waals surface area contributed by atoms with Gasteiger partial charge < -0.3 is 9.80 Å². The number of hydrogen-bond acceptors (Lipinski definition) is 9. The standard InChI is InChI=1S/C24H26ClN5O6S3/c1-28-8-7-19-21(14-28)37-23(26-19)24(32)30-10-9-29(13-20(30)22(31)27-38(2,33)34)39(35,36)18-6-4-15-11-17(25)5-3-16(15)12-18/h3-6,11-12,20H,7-10,13-14H2,1-2H3,(H,27,31). The van der Waals surface area contributed by atoms with E-state index in [1.165, 1.54) is 28.4 Å². The second-order valence-corrected chi connectivity index (χ2v) is 14.9. The quantitative estimate of drug-likeness (QED) is 0.459. The van der Waals surface area contributed by atoms with Crippen LogP contribution in [0.2, 0.25) is 5.02 Å². The van der Waals surface area contributed by atoms with Crippen molar-refractivity contribution in [1.82, 2.24) is 23.8 Å². The molecule has 3 heterocycles. The van der Waals surface area contributed by atoms with E-state index in [1.807, 2.05) is 11.8 Å². The Labute approximate surface area is 235 Å². The highest BCUT2D eigenvalue weighted by Crippen LogP contribution is 2.29. The van der Waals surface area contributed by atoms with Crippen molar-refractivity contribution in [3.63, 3.8) is 0 Å². The summed E-state index contributed by atoms with van der Waals surface area (Å²) in [5.74, 6) is -1.52. The molecular formula is C24H26ClN5O6S3. The number of sulfonamides is 2. The lowest BCUT2D eigenvalue weighted by Gasteiger charge is -2.39. The maximum Gasteiger partial charge on any atom is 0.283 e. The lowest BCUT2D eigenvalue weighted by molar-refractivity contribution is -0.125. The highest BCUT2D eigenvalue weighted by molar-refractivity contribution is 7.89. The van der Waals surface area contributed by atoms with E-state index in [-0.39, 0.29) is 23.0 Å². The summed E-state index contributed by atoms with van der Waals surface area (Å²) in [5.41, 5.74) is 0.831. The molecular weight excluding hydrogens is 586 g/mol. The van der Waals surface area contributed by atoms with Gasteiger partial charge in [0.1, 0.15) is 6.04 Å². The van der Waals surface area contributed by atoms with Gasteiger partial charge in [0, 0.05) is 49.0 Å². The van der Waals surface area contributed by atoms with Crippen LogP contribution in [0.15, 0.2) is 41.3 Å². The van der Waals surface area contributed by atoms with Gasteiger partial charge in [0.05, 0.1) is 16.8 Å². The van der Waals surface area contributed by atoms with Crippen LogP contribution in [0.25, 0.3) is 10.8 Å². The third kappa shape index (κ3) is 5.81. The Morgan fingerprint density at radius 1 is 1.05 bits per heavy atom. The van der Waals surface area contributed by atoms with Gasteiger partial charge in [-0.3, -0.25) is 14.3 Å². The van der Waals surface area contributed by atoms with E-state index in [0.717, 1.165) is 33.1 Å². The summed E-state index contributed by atoms with van der Waals surface area (Å²) in [5, 5.41) is 2.14. The number of aromatic nitrogens is 1. The van der Waals surface area contributed by atoms with Crippen molar-refractivity contribution in [2.24, 2.45) is 0 Å². The molecule has 3 aromatic rings. The van der Waals surface area contributed by atoms with Crippen molar-refractivity contribution in [2.75, 3.05) is 39.5 Å². The van der Waals surface area contributed by atoms with Gasteiger partial charge in [-0.1, -0.05) is 23.7 Å². The monoisotopic (exact) mass is 611 g/mol. The summed E-state index contributed by atoms with van der Waals surface area (Å²) < 4.78 is 53.9. The molecule has 2 aliphatic rings. The molecule has 0 bridgehead atoms. The van der Waals surface area contributed by atoms with E-state index in [9.17, 15) is 26.4 Å². The molecule has 1 unspecified atom stereocenters. The van der Waals surface area contributed by atoms with Crippen LogP contribution in [-0.2, 0) is 37.8 Å². The fourth-order valence-corrected chi connectivity index (χ4v) is 8.04. The molecule has 0 saturated carbocycles. The number of amides is 2. The van der Waals surface area contributed by atoms with Crippen LogP contribution in [0.1, 0.15) is 20.4 Å². The number of nitrogens with one attached hydrogen (secondary N) is 1. The van der Waals surface area contributed by atoms with Gasteiger partial charge >= 0.3 is 0 Å². The number of hydrogen-bond donors (Lipinski definition) is 1. The Morgan fingerprint density at radius 2 is 1.77 bits per heavy atom. The van der Waals surface area contributed by atoms with Gasteiger partial charge in [-0.25, -0.2) is 21.8 Å². The molecule has 1 aromatic heterocycles. The van der Waals surface area contributed by atoms with Gasteiger partial charge in [0.2, 0.25) is 20.0 Å².